The normalized spacial score (nSPS) is 11.9. The number of aryl methyl sites for hydroxylation is 1. The topological polar surface area (TPSA) is 9.23 Å². The molecule has 0 bridgehead atoms. The molecule has 0 aliphatic rings. The van der Waals surface area contributed by atoms with Crippen molar-refractivity contribution >= 4 is 0 Å². The third-order valence-corrected chi connectivity index (χ3v) is 2.27. The highest BCUT2D eigenvalue weighted by Crippen LogP contribution is 2.28. The number of benzene rings is 1. The van der Waals surface area contributed by atoms with E-state index in [4.69, 9.17) is 0 Å². The second kappa shape index (κ2) is 4.17. The highest BCUT2D eigenvalue weighted by Gasteiger charge is 2.16. The first-order valence-electron chi connectivity index (χ1n) is 4.86. The minimum absolute atomic E-state index is 0.0616. The van der Waals surface area contributed by atoms with Crippen LogP contribution in [-0.4, -0.2) is 6.61 Å². The molecule has 0 aliphatic carbocycles. The van der Waals surface area contributed by atoms with Crippen molar-refractivity contribution in [2.45, 2.75) is 39.7 Å². The van der Waals surface area contributed by atoms with Gasteiger partial charge in [0.2, 0.25) is 0 Å². The lowest BCUT2D eigenvalue weighted by Crippen LogP contribution is -2.12. The zero-order chi connectivity index (χ0) is 11.6. The first kappa shape index (κ1) is 12.0. The Balaban J connectivity index is 3.06. The molecule has 0 atom stereocenters. The second-order valence-electron chi connectivity index (χ2n) is 4.61. The third kappa shape index (κ3) is 3.18. The van der Waals surface area contributed by atoms with Crippen LogP contribution < -0.4 is 4.74 Å². The number of halogens is 2. The summed E-state index contributed by atoms with van der Waals surface area (Å²) in [6.45, 7) is 5.08. The fraction of sp³-hybridized carbons (Fsp3) is 0.500. The molecule has 0 amide bonds. The van der Waals surface area contributed by atoms with Crippen molar-refractivity contribution in [2.75, 3.05) is 0 Å². The number of rotatable bonds is 2. The van der Waals surface area contributed by atoms with Gasteiger partial charge in [0.15, 0.2) is 0 Å². The molecule has 0 fully saturated rings. The van der Waals surface area contributed by atoms with E-state index in [2.05, 4.69) is 4.74 Å². The minimum atomic E-state index is -2.76. The molecule has 0 saturated heterocycles. The molecule has 3 heteroatoms. The van der Waals surface area contributed by atoms with Crippen LogP contribution in [0, 0.1) is 6.92 Å². The molecule has 0 aromatic heterocycles. The van der Waals surface area contributed by atoms with Gasteiger partial charge in [-0.2, -0.15) is 8.78 Å². The van der Waals surface area contributed by atoms with Crippen LogP contribution in [0.2, 0.25) is 0 Å². The first-order chi connectivity index (χ1) is 6.80. The van der Waals surface area contributed by atoms with Crippen molar-refractivity contribution in [2.24, 2.45) is 0 Å². The average Bonchev–Trinajstić information content (AvgIpc) is 2.06. The summed E-state index contributed by atoms with van der Waals surface area (Å²) in [7, 11) is 0. The van der Waals surface area contributed by atoms with E-state index in [0.717, 1.165) is 11.1 Å². The fourth-order valence-electron chi connectivity index (χ4n) is 1.29. The van der Waals surface area contributed by atoms with Gasteiger partial charge in [0.05, 0.1) is 0 Å². The number of hydrogen-bond donors (Lipinski definition) is 0. The molecule has 0 heterocycles. The summed E-state index contributed by atoms with van der Waals surface area (Å²) in [5, 5.41) is 0. The van der Waals surface area contributed by atoms with Crippen LogP contribution in [0.4, 0.5) is 8.78 Å². The van der Waals surface area contributed by atoms with Gasteiger partial charge in [-0.1, -0.05) is 32.9 Å². The molecule has 1 rings (SSSR count). The number of alkyl halides is 2. The quantitative estimate of drug-likeness (QED) is 0.725. The minimum Gasteiger partial charge on any atom is -0.435 e. The lowest BCUT2D eigenvalue weighted by Gasteiger charge is -2.20. The van der Waals surface area contributed by atoms with Gasteiger partial charge in [-0.05, 0) is 29.5 Å². The van der Waals surface area contributed by atoms with E-state index in [9.17, 15) is 8.78 Å². The van der Waals surface area contributed by atoms with Crippen molar-refractivity contribution in [1.29, 1.82) is 0 Å². The van der Waals surface area contributed by atoms with Crippen LogP contribution in [0.5, 0.6) is 5.75 Å². The van der Waals surface area contributed by atoms with Crippen LogP contribution in [0.3, 0.4) is 0 Å². The Hall–Kier alpha value is -1.12. The van der Waals surface area contributed by atoms with Gasteiger partial charge in [-0.25, -0.2) is 0 Å². The molecule has 84 valence electrons. The zero-order valence-electron chi connectivity index (χ0n) is 9.47. The highest BCUT2D eigenvalue weighted by atomic mass is 19.3. The summed E-state index contributed by atoms with van der Waals surface area (Å²) in [5.41, 5.74) is 1.65. The summed E-state index contributed by atoms with van der Waals surface area (Å²) in [5.74, 6) is 0.262. The van der Waals surface area contributed by atoms with Crippen molar-refractivity contribution in [3.05, 3.63) is 29.3 Å². The Labute approximate surface area is 89.1 Å². The molecular weight excluding hydrogens is 198 g/mol. The summed E-state index contributed by atoms with van der Waals surface area (Å²) in [4.78, 5) is 0. The lowest BCUT2D eigenvalue weighted by molar-refractivity contribution is -0.0503. The predicted molar refractivity (Wildman–Crippen MR) is 56.5 cm³/mol. The maximum Gasteiger partial charge on any atom is 0.387 e. The molecule has 0 N–H and O–H groups in total. The summed E-state index contributed by atoms with van der Waals surface area (Å²) < 4.78 is 28.7. The van der Waals surface area contributed by atoms with Gasteiger partial charge >= 0.3 is 6.61 Å². The second-order valence-corrected chi connectivity index (χ2v) is 4.61. The SMILES string of the molecule is Cc1ccc(C(C)(C)C)cc1OC(F)F. The van der Waals surface area contributed by atoms with Crippen molar-refractivity contribution in [3.8, 4) is 5.75 Å². The van der Waals surface area contributed by atoms with Crippen molar-refractivity contribution in [3.63, 3.8) is 0 Å². The summed E-state index contributed by atoms with van der Waals surface area (Å²) in [6, 6.07) is 5.42. The van der Waals surface area contributed by atoms with E-state index in [1.807, 2.05) is 26.8 Å². The third-order valence-electron chi connectivity index (χ3n) is 2.27. The van der Waals surface area contributed by atoms with Gasteiger partial charge < -0.3 is 4.74 Å². The van der Waals surface area contributed by atoms with E-state index in [1.165, 1.54) is 0 Å². The molecule has 1 nitrogen and oxygen atoms in total. The lowest BCUT2D eigenvalue weighted by atomic mass is 9.86. The van der Waals surface area contributed by atoms with Crippen LogP contribution in [0.25, 0.3) is 0 Å². The zero-order valence-corrected chi connectivity index (χ0v) is 9.47. The van der Waals surface area contributed by atoms with Crippen LogP contribution in [-0.2, 0) is 5.41 Å². The molecule has 0 aliphatic heterocycles. The molecule has 0 radical (unpaired) electrons. The molecule has 15 heavy (non-hydrogen) atoms. The summed E-state index contributed by atoms with van der Waals surface area (Å²) >= 11 is 0. The van der Waals surface area contributed by atoms with Gasteiger partial charge in [-0.15, -0.1) is 0 Å². The molecule has 1 aromatic carbocycles. The highest BCUT2D eigenvalue weighted by molar-refractivity contribution is 5.39. The Morgan fingerprint density at radius 3 is 2.27 bits per heavy atom. The molecule has 0 saturated carbocycles. The van der Waals surface area contributed by atoms with Crippen LogP contribution in [0.1, 0.15) is 31.9 Å². The van der Waals surface area contributed by atoms with Crippen LogP contribution in [0.15, 0.2) is 18.2 Å². The fourth-order valence-corrected chi connectivity index (χ4v) is 1.29. The van der Waals surface area contributed by atoms with Crippen molar-refractivity contribution < 1.29 is 13.5 Å². The van der Waals surface area contributed by atoms with Gasteiger partial charge in [0, 0.05) is 0 Å². The standard InChI is InChI=1S/C12H16F2O/c1-8-5-6-9(12(2,3)4)7-10(8)15-11(13)14/h5-7,11H,1-4H3. The van der Waals surface area contributed by atoms with Gasteiger partial charge in [0.1, 0.15) is 5.75 Å². The first-order valence-corrected chi connectivity index (χ1v) is 4.86. The largest absolute Gasteiger partial charge is 0.435 e. The Morgan fingerprint density at radius 2 is 1.80 bits per heavy atom. The van der Waals surface area contributed by atoms with E-state index in [-0.39, 0.29) is 11.2 Å². The molecular formula is C12H16F2O. The Kier molecular flexibility index (Phi) is 3.32. The van der Waals surface area contributed by atoms with E-state index < -0.39 is 6.61 Å². The molecule has 1 aromatic rings. The van der Waals surface area contributed by atoms with E-state index in [0.29, 0.717) is 0 Å². The van der Waals surface area contributed by atoms with Crippen LogP contribution >= 0.6 is 0 Å². The maximum absolute atomic E-state index is 12.1. The Bertz CT molecular complexity index is 340. The van der Waals surface area contributed by atoms with Gasteiger partial charge in [0.25, 0.3) is 0 Å². The average molecular weight is 214 g/mol. The van der Waals surface area contributed by atoms with E-state index >= 15 is 0 Å². The van der Waals surface area contributed by atoms with Crippen molar-refractivity contribution in [1.82, 2.24) is 0 Å². The number of ether oxygens (including phenoxy) is 1. The smallest absolute Gasteiger partial charge is 0.387 e. The number of hydrogen-bond acceptors (Lipinski definition) is 1. The molecule has 0 unspecified atom stereocenters. The maximum atomic E-state index is 12.1. The predicted octanol–water partition coefficient (Wildman–Crippen LogP) is 3.89. The monoisotopic (exact) mass is 214 g/mol. The molecule has 0 spiro atoms. The van der Waals surface area contributed by atoms with Gasteiger partial charge in [-0.3, -0.25) is 0 Å². The van der Waals surface area contributed by atoms with E-state index in [1.54, 1.807) is 19.1 Å². The Morgan fingerprint density at radius 1 is 1.20 bits per heavy atom. The summed E-state index contributed by atoms with van der Waals surface area (Å²) in [6.07, 6.45) is 0.